The molecule has 0 atom stereocenters. The Balaban J connectivity index is 1.93. The molecule has 2 rings (SSSR count). The molecule has 2 aromatic heterocycles. The summed E-state index contributed by atoms with van der Waals surface area (Å²) in [4.78, 5) is 11.2. The lowest BCUT2D eigenvalue weighted by Gasteiger charge is -2.03. The Bertz CT molecular complexity index is 420. The maximum Gasteiger partial charge on any atom is 0.241 e. The summed E-state index contributed by atoms with van der Waals surface area (Å²) in [5.41, 5.74) is 0. The van der Waals surface area contributed by atoms with Crippen molar-refractivity contribution in [2.75, 3.05) is 6.54 Å². The van der Waals surface area contributed by atoms with Gasteiger partial charge in [0.05, 0.1) is 6.54 Å². The number of nitrogens with one attached hydrogen (secondary N) is 2. The second kappa shape index (κ2) is 4.89. The zero-order valence-electron chi connectivity index (χ0n) is 9.40. The van der Waals surface area contributed by atoms with Crippen molar-refractivity contribution in [2.45, 2.75) is 20.4 Å². The van der Waals surface area contributed by atoms with Crippen LogP contribution in [0.25, 0.3) is 11.6 Å². The van der Waals surface area contributed by atoms with Crippen LogP contribution in [0.1, 0.15) is 19.7 Å². The standard InChI is InChI=1S/C10H15N5O/c1-7(2)5-11-6-8-14-10(15-16-8)9-12-3-4-13-9/h3-4,7,11H,5-6H2,1-2H3,(H,12,13). The normalized spacial score (nSPS) is 11.2. The molecular weight excluding hydrogens is 206 g/mol. The number of H-pyrrole nitrogens is 1. The van der Waals surface area contributed by atoms with E-state index in [2.05, 4.69) is 39.3 Å². The first kappa shape index (κ1) is 10.8. The van der Waals surface area contributed by atoms with Crippen LogP contribution >= 0.6 is 0 Å². The average molecular weight is 221 g/mol. The van der Waals surface area contributed by atoms with Gasteiger partial charge in [0.1, 0.15) is 0 Å². The van der Waals surface area contributed by atoms with Crippen molar-refractivity contribution in [1.29, 1.82) is 0 Å². The molecule has 0 aliphatic heterocycles. The Morgan fingerprint density at radius 3 is 3.06 bits per heavy atom. The minimum atomic E-state index is 0.492. The van der Waals surface area contributed by atoms with Gasteiger partial charge in [0.25, 0.3) is 0 Å². The highest BCUT2D eigenvalue weighted by atomic mass is 16.5. The minimum Gasteiger partial charge on any atom is -0.342 e. The topological polar surface area (TPSA) is 79.6 Å². The number of rotatable bonds is 5. The van der Waals surface area contributed by atoms with Crippen molar-refractivity contribution in [1.82, 2.24) is 25.4 Å². The summed E-state index contributed by atoms with van der Waals surface area (Å²) in [5, 5.41) is 7.07. The van der Waals surface area contributed by atoms with E-state index < -0.39 is 0 Å². The second-order valence-electron chi connectivity index (χ2n) is 3.97. The molecule has 0 aromatic carbocycles. The van der Waals surface area contributed by atoms with Gasteiger partial charge < -0.3 is 14.8 Å². The molecule has 6 heteroatoms. The molecule has 2 N–H and O–H groups in total. The molecule has 0 saturated heterocycles. The fourth-order valence-electron chi connectivity index (χ4n) is 1.28. The third-order valence-corrected chi connectivity index (χ3v) is 2.01. The van der Waals surface area contributed by atoms with E-state index in [0.717, 1.165) is 6.54 Å². The van der Waals surface area contributed by atoms with Gasteiger partial charge in [0.15, 0.2) is 5.82 Å². The molecule has 16 heavy (non-hydrogen) atoms. The van der Waals surface area contributed by atoms with E-state index in [-0.39, 0.29) is 0 Å². The van der Waals surface area contributed by atoms with Crippen LogP contribution in [0.4, 0.5) is 0 Å². The minimum absolute atomic E-state index is 0.492. The van der Waals surface area contributed by atoms with Crippen LogP contribution in [-0.2, 0) is 6.54 Å². The van der Waals surface area contributed by atoms with E-state index in [1.54, 1.807) is 12.4 Å². The highest BCUT2D eigenvalue weighted by molar-refractivity contribution is 5.40. The molecule has 0 unspecified atom stereocenters. The van der Waals surface area contributed by atoms with Crippen LogP contribution in [0, 0.1) is 5.92 Å². The van der Waals surface area contributed by atoms with Gasteiger partial charge in [0, 0.05) is 12.4 Å². The van der Waals surface area contributed by atoms with Crippen LogP contribution < -0.4 is 5.32 Å². The van der Waals surface area contributed by atoms with Gasteiger partial charge in [-0.3, -0.25) is 0 Å². The van der Waals surface area contributed by atoms with Gasteiger partial charge in [-0.1, -0.05) is 19.0 Å². The molecule has 2 aromatic rings. The molecule has 0 aliphatic carbocycles. The fourth-order valence-corrected chi connectivity index (χ4v) is 1.28. The maximum absolute atomic E-state index is 5.09. The van der Waals surface area contributed by atoms with E-state index in [1.807, 2.05) is 0 Å². The Labute approximate surface area is 93.5 Å². The number of hydrogen-bond acceptors (Lipinski definition) is 5. The Morgan fingerprint density at radius 2 is 2.38 bits per heavy atom. The number of nitrogens with zero attached hydrogens (tertiary/aromatic N) is 3. The fraction of sp³-hybridized carbons (Fsp3) is 0.500. The molecule has 0 spiro atoms. The van der Waals surface area contributed by atoms with Crippen molar-refractivity contribution in [3.8, 4) is 11.6 Å². The molecule has 0 radical (unpaired) electrons. The molecule has 0 amide bonds. The van der Waals surface area contributed by atoms with Gasteiger partial charge in [-0.2, -0.15) is 4.98 Å². The lowest BCUT2D eigenvalue weighted by Crippen LogP contribution is -2.19. The smallest absolute Gasteiger partial charge is 0.241 e. The molecular formula is C10H15N5O. The van der Waals surface area contributed by atoms with Gasteiger partial charge in [0.2, 0.25) is 11.7 Å². The van der Waals surface area contributed by atoms with Crippen LogP contribution in [0.3, 0.4) is 0 Å². The Morgan fingerprint density at radius 1 is 1.50 bits per heavy atom. The average Bonchev–Trinajstić information content (AvgIpc) is 2.85. The first-order valence-electron chi connectivity index (χ1n) is 5.28. The summed E-state index contributed by atoms with van der Waals surface area (Å²) in [7, 11) is 0. The third-order valence-electron chi connectivity index (χ3n) is 2.01. The number of aromatic nitrogens is 4. The van der Waals surface area contributed by atoms with Crippen molar-refractivity contribution in [3.05, 3.63) is 18.3 Å². The molecule has 0 bridgehead atoms. The van der Waals surface area contributed by atoms with Crippen molar-refractivity contribution < 1.29 is 4.52 Å². The van der Waals surface area contributed by atoms with Crippen molar-refractivity contribution in [3.63, 3.8) is 0 Å². The van der Waals surface area contributed by atoms with E-state index in [9.17, 15) is 0 Å². The maximum atomic E-state index is 5.09. The molecule has 6 nitrogen and oxygen atoms in total. The third kappa shape index (κ3) is 2.66. The summed E-state index contributed by atoms with van der Waals surface area (Å²) in [6.45, 7) is 5.81. The lowest BCUT2D eigenvalue weighted by atomic mass is 10.2. The van der Waals surface area contributed by atoms with Crippen molar-refractivity contribution in [2.24, 2.45) is 5.92 Å². The van der Waals surface area contributed by atoms with Gasteiger partial charge in [-0.15, -0.1) is 0 Å². The zero-order valence-corrected chi connectivity index (χ0v) is 9.40. The summed E-state index contributed by atoms with van der Waals surface area (Å²) < 4.78 is 5.09. The number of aromatic amines is 1. The molecule has 0 aliphatic rings. The van der Waals surface area contributed by atoms with E-state index >= 15 is 0 Å². The highest BCUT2D eigenvalue weighted by Crippen LogP contribution is 2.09. The summed E-state index contributed by atoms with van der Waals surface area (Å²) in [6, 6.07) is 0. The van der Waals surface area contributed by atoms with Crippen LogP contribution in [-0.4, -0.2) is 26.7 Å². The second-order valence-corrected chi connectivity index (χ2v) is 3.97. The molecule has 86 valence electrons. The predicted octanol–water partition coefficient (Wildman–Crippen LogP) is 1.21. The highest BCUT2D eigenvalue weighted by Gasteiger charge is 2.09. The van der Waals surface area contributed by atoms with Crippen LogP contribution in [0.5, 0.6) is 0 Å². The van der Waals surface area contributed by atoms with Gasteiger partial charge >= 0.3 is 0 Å². The molecule has 0 fully saturated rings. The zero-order chi connectivity index (χ0) is 11.4. The Kier molecular flexibility index (Phi) is 3.31. The quantitative estimate of drug-likeness (QED) is 0.793. The monoisotopic (exact) mass is 221 g/mol. The summed E-state index contributed by atoms with van der Waals surface area (Å²) >= 11 is 0. The molecule has 0 saturated carbocycles. The SMILES string of the molecule is CC(C)CNCc1nc(-c2ncc[nH]2)no1. The lowest BCUT2D eigenvalue weighted by molar-refractivity contribution is 0.364. The Hall–Kier alpha value is -1.69. The van der Waals surface area contributed by atoms with Crippen LogP contribution in [0.15, 0.2) is 16.9 Å². The first-order chi connectivity index (χ1) is 7.75. The summed E-state index contributed by atoms with van der Waals surface area (Å²) in [6.07, 6.45) is 3.38. The van der Waals surface area contributed by atoms with Crippen LogP contribution in [0.2, 0.25) is 0 Å². The predicted molar refractivity (Wildman–Crippen MR) is 58.4 cm³/mol. The van der Waals surface area contributed by atoms with Gasteiger partial charge in [-0.05, 0) is 12.5 Å². The van der Waals surface area contributed by atoms with Crippen molar-refractivity contribution >= 4 is 0 Å². The first-order valence-corrected chi connectivity index (χ1v) is 5.28. The molecule has 2 heterocycles. The van der Waals surface area contributed by atoms with E-state index in [4.69, 9.17) is 4.52 Å². The van der Waals surface area contributed by atoms with Gasteiger partial charge in [-0.25, -0.2) is 4.98 Å². The number of hydrogen-bond donors (Lipinski definition) is 2. The van der Waals surface area contributed by atoms with E-state index in [1.165, 1.54) is 0 Å². The summed E-state index contributed by atoms with van der Waals surface area (Å²) in [5.74, 6) is 2.30. The van der Waals surface area contributed by atoms with E-state index in [0.29, 0.717) is 30.0 Å². The number of imidazole rings is 1. The largest absolute Gasteiger partial charge is 0.342 e.